The van der Waals surface area contributed by atoms with Crippen LogP contribution < -0.4 is 5.32 Å². The first-order chi connectivity index (χ1) is 12.1. The van der Waals surface area contributed by atoms with Gasteiger partial charge in [0.25, 0.3) is 0 Å². The molecule has 1 aromatic carbocycles. The lowest BCUT2D eigenvalue weighted by Crippen LogP contribution is -2.25. The number of anilines is 1. The molecule has 0 aliphatic rings. The van der Waals surface area contributed by atoms with Gasteiger partial charge in [-0.1, -0.05) is 13.8 Å². The van der Waals surface area contributed by atoms with E-state index in [-0.39, 0.29) is 11.9 Å². The quantitative estimate of drug-likeness (QED) is 0.659. The fraction of sp³-hybridized carbons (Fsp3) is 0.368. The van der Waals surface area contributed by atoms with E-state index in [1.54, 1.807) is 11.8 Å². The number of aromatic amines is 1. The molecule has 25 heavy (non-hydrogen) atoms. The average Bonchev–Trinajstić information content (AvgIpc) is 3.24. The first kappa shape index (κ1) is 17.6. The van der Waals surface area contributed by atoms with Crippen LogP contribution in [-0.2, 0) is 4.79 Å². The van der Waals surface area contributed by atoms with E-state index in [4.69, 9.17) is 0 Å². The predicted molar refractivity (Wildman–Crippen MR) is 105 cm³/mol. The van der Waals surface area contributed by atoms with Crippen molar-refractivity contribution in [2.24, 2.45) is 0 Å². The van der Waals surface area contributed by atoms with Crippen molar-refractivity contribution in [2.75, 3.05) is 17.3 Å². The van der Waals surface area contributed by atoms with Crippen LogP contribution in [0.15, 0.2) is 42.7 Å². The Balaban J connectivity index is 1.79. The number of hydrogen-bond donors (Lipinski definition) is 2. The van der Waals surface area contributed by atoms with Crippen molar-refractivity contribution in [3.05, 3.63) is 48.5 Å². The van der Waals surface area contributed by atoms with E-state index in [0.717, 1.165) is 34.7 Å². The maximum absolute atomic E-state index is 12.8. The number of aromatic nitrogens is 3. The Morgan fingerprint density at radius 2 is 2.08 bits per heavy atom. The topological polar surface area (TPSA) is 62.7 Å². The van der Waals surface area contributed by atoms with E-state index in [1.165, 1.54) is 0 Å². The van der Waals surface area contributed by atoms with Gasteiger partial charge in [-0.25, -0.2) is 4.98 Å². The minimum absolute atomic E-state index is 0.00759. The summed E-state index contributed by atoms with van der Waals surface area (Å²) in [5, 5.41) is 3.05. The summed E-state index contributed by atoms with van der Waals surface area (Å²) in [5.41, 5.74) is 2.66. The van der Waals surface area contributed by atoms with E-state index >= 15 is 0 Å². The van der Waals surface area contributed by atoms with Crippen LogP contribution >= 0.6 is 11.8 Å². The number of hydrogen-bond acceptors (Lipinski definition) is 3. The number of benzene rings is 1. The maximum atomic E-state index is 12.8. The number of fused-ring (bicyclic) bond motifs is 1. The minimum atomic E-state index is -0.203. The van der Waals surface area contributed by atoms with Crippen LogP contribution in [0, 0.1) is 0 Å². The molecule has 0 bridgehead atoms. The zero-order valence-electron chi connectivity index (χ0n) is 14.8. The smallest absolute Gasteiger partial charge is 0.247 e. The van der Waals surface area contributed by atoms with Gasteiger partial charge >= 0.3 is 0 Å². The maximum Gasteiger partial charge on any atom is 0.247 e. The van der Waals surface area contributed by atoms with Crippen LogP contribution in [0.25, 0.3) is 11.0 Å². The second kappa shape index (κ2) is 7.78. The predicted octanol–water partition coefficient (Wildman–Crippen LogP) is 4.42. The average molecular weight is 356 g/mol. The lowest BCUT2D eigenvalue weighted by atomic mass is 10.2. The number of thioether (sulfide) groups is 1. The van der Waals surface area contributed by atoms with Crippen LogP contribution in [0.4, 0.5) is 5.69 Å². The summed E-state index contributed by atoms with van der Waals surface area (Å²) in [6.07, 6.45) is 6.74. The largest absolute Gasteiger partial charge is 0.342 e. The van der Waals surface area contributed by atoms with E-state index in [2.05, 4.69) is 35.4 Å². The van der Waals surface area contributed by atoms with Gasteiger partial charge in [0, 0.05) is 24.0 Å². The molecule has 3 rings (SSSR count). The number of carbonyl (C=O) groups is 1. The Morgan fingerprint density at radius 1 is 1.32 bits per heavy atom. The molecule has 1 amide bonds. The van der Waals surface area contributed by atoms with Gasteiger partial charge in [-0.05, 0) is 48.8 Å². The number of amides is 1. The Kier molecular flexibility index (Phi) is 5.48. The molecule has 6 heteroatoms. The van der Waals surface area contributed by atoms with Gasteiger partial charge in [-0.15, -0.1) is 0 Å². The highest BCUT2D eigenvalue weighted by Crippen LogP contribution is 2.22. The van der Waals surface area contributed by atoms with Crippen LogP contribution in [-0.4, -0.2) is 32.5 Å². The minimum Gasteiger partial charge on any atom is -0.342 e. The molecule has 3 aromatic rings. The summed E-state index contributed by atoms with van der Waals surface area (Å²) in [6, 6.07) is 9.50. The summed E-state index contributed by atoms with van der Waals surface area (Å²) in [6.45, 7) is 4.21. The number of nitrogens with one attached hydrogen (secondary N) is 2. The third kappa shape index (κ3) is 4.07. The van der Waals surface area contributed by atoms with Crippen molar-refractivity contribution in [2.45, 2.75) is 32.2 Å². The summed E-state index contributed by atoms with van der Waals surface area (Å²) < 4.78 is 1.97. The van der Waals surface area contributed by atoms with Crippen molar-refractivity contribution < 1.29 is 4.79 Å². The third-order valence-electron chi connectivity index (χ3n) is 4.20. The number of carbonyl (C=O) groups excluding carboxylic acids is 1. The molecule has 1 atom stereocenters. The Hall–Kier alpha value is -2.21. The van der Waals surface area contributed by atoms with Gasteiger partial charge in [0.05, 0.1) is 11.0 Å². The highest BCUT2D eigenvalue weighted by atomic mass is 32.2. The molecule has 1 unspecified atom stereocenters. The lowest BCUT2D eigenvalue weighted by molar-refractivity contribution is -0.119. The molecule has 0 saturated heterocycles. The van der Waals surface area contributed by atoms with Gasteiger partial charge in [0.1, 0.15) is 11.9 Å². The van der Waals surface area contributed by atoms with Gasteiger partial charge in [-0.2, -0.15) is 11.8 Å². The van der Waals surface area contributed by atoms with Crippen LogP contribution in [0.5, 0.6) is 0 Å². The number of imidazole rings is 1. The van der Waals surface area contributed by atoms with E-state index < -0.39 is 0 Å². The fourth-order valence-corrected chi connectivity index (χ4v) is 3.27. The lowest BCUT2D eigenvalue weighted by Gasteiger charge is -2.18. The molecule has 0 radical (unpaired) electrons. The highest BCUT2D eigenvalue weighted by Gasteiger charge is 2.19. The Bertz CT molecular complexity index is 838. The zero-order chi connectivity index (χ0) is 17.8. The second-order valence-corrected chi connectivity index (χ2v) is 7.41. The summed E-state index contributed by atoms with van der Waals surface area (Å²) in [5.74, 6) is 2.25. The SMILES string of the molecule is CSCCC(C(=O)Nc1ccc2nc(C(C)C)[nH]c2c1)n1cccc1. The molecule has 0 fully saturated rings. The fourth-order valence-electron chi connectivity index (χ4n) is 2.81. The van der Waals surface area contributed by atoms with Crippen molar-refractivity contribution in [3.63, 3.8) is 0 Å². The van der Waals surface area contributed by atoms with Crippen molar-refractivity contribution in [1.82, 2.24) is 14.5 Å². The molecule has 2 N–H and O–H groups in total. The van der Waals surface area contributed by atoms with Gasteiger partial charge in [0.2, 0.25) is 5.91 Å². The molecule has 0 saturated carbocycles. The first-order valence-electron chi connectivity index (χ1n) is 8.50. The summed E-state index contributed by atoms with van der Waals surface area (Å²) in [4.78, 5) is 20.7. The van der Waals surface area contributed by atoms with E-state index in [9.17, 15) is 4.79 Å². The van der Waals surface area contributed by atoms with Gasteiger partial charge in [0.15, 0.2) is 0 Å². The molecular weight excluding hydrogens is 332 g/mol. The van der Waals surface area contributed by atoms with Crippen molar-refractivity contribution in [3.8, 4) is 0 Å². The second-order valence-electron chi connectivity index (χ2n) is 6.43. The van der Waals surface area contributed by atoms with Crippen LogP contribution in [0.2, 0.25) is 0 Å². The first-order valence-corrected chi connectivity index (χ1v) is 9.90. The summed E-state index contributed by atoms with van der Waals surface area (Å²) >= 11 is 1.75. The molecule has 0 aliphatic carbocycles. The van der Waals surface area contributed by atoms with Crippen LogP contribution in [0.3, 0.4) is 0 Å². The standard InChI is InChI=1S/C19H24N4OS/c1-13(2)18-21-15-7-6-14(12-16(15)22-18)20-19(24)17(8-11-25-3)23-9-4-5-10-23/h4-7,9-10,12-13,17H,8,11H2,1-3H3,(H,20,24)(H,21,22). The molecule has 5 nitrogen and oxygen atoms in total. The van der Waals surface area contributed by atoms with E-state index in [1.807, 2.05) is 47.3 Å². The normalized spacial score (nSPS) is 12.6. The van der Waals surface area contributed by atoms with Crippen molar-refractivity contribution >= 4 is 34.4 Å². The van der Waals surface area contributed by atoms with Gasteiger partial charge < -0.3 is 14.9 Å². The molecule has 0 spiro atoms. The molecule has 2 heterocycles. The number of H-pyrrole nitrogens is 1. The van der Waals surface area contributed by atoms with Gasteiger partial charge in [-0.3, -0.25) is 4.79 Å². The third-order valence-corrected chi connectivity index (χ3v) is 4.84. The Labute approximate surface area is 152 Å². The number of nitrogens with zero attached hydrogens (tertiary/aromatic N) is 2. The molecule has 132 valence electrons. The Morgan fingerprint density at radius 3 is 2.76 bits per heavy atom. The van der Waals surface area contributed by atoms with Crippen molar-refractivity contribution in [1.29, 1.82) is 0 Å². The monoisotopic (exact) mass is 356 g/mol. The molecular formula is C19H24N4OS. The van der Waals surface area contributed by atoms with E-state index in [0.29, 0.717) is 5.92 Å². The summed E-state index contributed by atoms with van der Waals surface area (Å²) in [7, 11) is 0. The molecule has 2 aromatic heterocycles. The highest BCUT2D eigenvalue weighted by molar-refractivity contribution is 7.98. The number of rotatable bonds is 7. The molecule has 0 aliphatic heterocycles. The zero-order valence-corrected chi connectivity index (χ0v) is 15.6. The van der Waals surface area contributed by atoms with Crippen LogP contribution in [0.1, 0.15) is 38.1 Å².